The van der Waals surface area contributed by atoms with Crippen LogP contribution < -0.4 is 10.3 Å². The summed E-state index contributed by atoms with van der Waals surface area (Å²) in [6.45, 7) is 2.21. The van der Waals surface area contributed by atoms with E-state index in [0.717, 1.165) is 0 Å². The fourth-order valence-electron chi connectivity index (χ4n) is 2.25. The maximum Gasteiger partial charge on any atom is 0.275 e. The third-order valence-electron chi connectivity index (χ3n) is 3.32. The van der Waals surface area contributed by atoms with Crippen LogP contribution in [0.2, 0.25) is 0 Å². The summed E-state index contributed by atoms with van der Waals surface area (Å²) < 4.78 is 8.48. The van der Waals surface area contributed by atoms with Crippen molar-refractivity contribution in [2.24, 2.45) is 0 Å². The topological polar surface area (TPSA) is 81.7 Å². The first-order chi connectivity index (χ1) is 10.6. The fraction of sp³-hybridized carbons (Fsp3) is 0.267. The molecule has 3 rings (SSSR count). The van der Waals surface area contributed by atoms with E-state index >= 15 is 0 Å². The predicted octanol–water partition coefficient (Wildman–Crippen LogP) is 0.639. The summed E-state index contributed by atoms with van der Waals surface area (Å²) in [6, 6.07) is 10.8. The summed E-state index contributed by atoms with van der Waals surface area (Å²) >= 11 is 0. The number of rotatable bonds is 5. The van der Waals surface area contributed by atoms with Gasteiger partial charge in [-0.3, -0.25) is 4.79 Å². The molecule has 2 heterocycles. The third kappa shape index (κ3) is 2.84. The molecule has 1 atom stereocenters. The Morgan fingerprint density at radius 1 is 1.32 bits per heavy atom. The van der Waals surface area contributed by atoms with Gasteiger partial charge in [0.2, 0.25) is 5.78 Å². The van der Waals surface area contributed by atoms with Crippen LogP contribution in [0, 0.1) is 6.92 Å². The fourth-order valence-corrected chi connectivity index (χ4v) is 2.25. The van der Waals surface area contributed by atoms with Crippen molar-refractivity contribution in [2.75, 3.05) is 6.61 Å². The summed E-state index contributed by atoms with van der Waals surface area (Å²) in [5.41, 5.74) is 0.473. The van der Waals surface area contributed by atoms with Crippen molar-refractivity contribution in [3.05, 3.63) is 58.8 Å². The lowest BCUT2D eigenvalue weighted by molar-refractivity contribution is 0.0925. The summed E-state index contributed by atoms with van der Waals surface area (Å²) in [7, 11) is 0. The quantitative estimate of drug-likeness (QED) is 0.748. The number of ether oxygens (including phenoxy) is 1. The van der Waals surface area contributed by atoms with Crippen LogP contribution >= 0.6 is 0 Å². The molecule has 3 aromatic rings. The number of para-hydroxylation sites is 1. The lowest BCUT2D eigenvalue weighted by Gasteiger charge is -2.16. The molecule has 2 aromatic heterocycles. The highest BCUT2D eigenvalue weighted by Crippen LogP contribution is 2.10. The highest BCUT2D eigenvalue weighted by atomic mass is 16.5. The highest BCUT2D eigenvalue weighted by molar-refractivity contribution is 5.29. The van der Waals surface area contributed by atoms with E-state index in [0.29, 0.717) is 17.2 Å². The molecular weight excluding hydrogens is 284 g/mol. The number of fused-ring (bicyclic) bond motifs is 1. The number of hydrogen-bond donors (Lipinski definition) is 1. The van der Waals surface area contributed by atoms with Crippen molar-refractivity contribution >= 4 is 5.78 Å². The van der Waals surface area contributed by atoms with Crippen molar-refractivity contribution in [3.63, 3.8) is 0 Å². The van der Waals surface area contributed by atoms with Crippen molar-refractivity contribution in [1.29, 1.82) is 0 Å². The van der Waals surface area contributed by atoms with Gasteiger partial charge < -0.3 is 14.4 Å². The van der Waals surface area contributed by atoms with Crippen LogP contribution in [0.3, 0.4) is 0 Å². The molecule has 1 aromatic carbocycles. The highest BCUT2D eigenvalue weighted by Gasteiger charge is 2.13. The second-order valence-corrected chi connectivity index (χ2v) is 4.98. The molecule has 0 aliphatic heterocycles. The van der Waals surface area contributed by atoms with E-state index in [-0.39, 0.29) is 18.7 Å². The van der Waals surface area contributed by atoms with E-state index in [2.05, 4.69) is 10.1 Å². The van der Waals surface area contributed by atoms with Gasteiger partial charge in [-0.25, -0.2) is 0 Å². The molecule has 0 fully saturated rings. The number of benzene rings is 1. The largest absolute Gasteiger partial charge is 0.491 e. The standard InChI is InChI=1S/C15H16N4O3/c1-11-7-14(21)19-15(16-10-17-19)18(11)8-12(20)9-22-13-5-3-2-4-6-13/h2-7,10,12,20H,8-9H2,1H3/t12-/m1/s1. The van der Waals surface area contributed by atoms with Crippen molar-refractivity contribution in [3.8, 4) is 5.75 Å². The summed E-state index contributed by atoms with van der Waals surface area (Å²) in [6.07, 6.45) is 0.585. The first-order valence-corrected chi connectivity index (χ1v) is 6.91. The zero-order valence-corrected chi connectivity index (χ0v) is 12.1. The second-order valence-electron chi connectivity index (χ2n) is 4.98. The van der Waals surface area contributed by atoms with Gasteiger partial charge in [0.1, 0.15) is 24.8 Å². The van der Waals surface area contributed by atoms with Crippen molar-refractivity contribution < 1.29 is 9.84 Å². The Labute approximate surface area is 126 Å². The maximum absolute atomic E-state index is 11.8. The van der Waals surface area contributed by atoms with Gasteiger partial charge in [-0.05, 0) is 19.1 Å². The molecule has 1 N–H and O–H groups in total. The molecule has 7 heteroatoms. The molecule has 0 saturated carbocycles. The van der Waals surface area contributed by atoms with Crippen LogP contribution in [0.4, 0.5) is 0 Å². The van der Waals surface area contributed by atoms with Crippen molar-refractivity contribution in [1.82, 2.24) is 19.2 Å². The number of hydrogen-bond acceptors (Lipinski definition) is 5. The minimum atomic E-state index is -0.734. The zero-order valence-electron chi connectivity index (χ0n) is 12.1. The summed E-state index contributed by atoms with van der Waals surface area (Å²) in [5, 5.41) is 14.1. The van der Waals surface area contributed by atoms with Crippen LogP contribution in [0.15, 0.2) is 47.5 Å². The van der Waals surface area contributed by atoms with Gasteiger partial charge in [-0.15, -0.1) is 0 Å². The van der Waals surface area contributed by atoms with Crippen LogP contribution in [0.1, 0.15) is 5.69 Å². The van der Waals surface area contributed by atoms with E-state index < -0.39 is 6.10 Å². The van der Waals surface area contributed by atoms with Gasteiger partial charge in [0, 0.05) is 11.8 Å². The number of aromatic nitrogens is 4. The third-order valence-corrected chi connectivity index (χ3v) is 3.32. The minimum absolute atomic E-state index is 0.149. The van der Waals surface area contributed by atoms with E-state index in [9.17, 15) is 9.90 Å². The second kappa shape index (κ2) is 5.98. The van der Waals surface area contributed by atoms with Gasteiger partial charge in [-0.2, -0.15) is 14.6 Å². The average Bonchev–Trinajstić information content (AvgIpc) is 3.00. The molecule has 0 radical (unpaired) electrons. The lowest BCUT2D eigenvalue weighted by Crippen LogP contribution is -2.28. The maximum atomic E-state index is 11.8. The first-order valence-electron chi connectivity index (χ1n) is 6.91. The van der Waals surface area contributed by atoms with E-state index in [1.165, 1.54) is 16.9 Å². The van der Waals surface area contributed by atoms with E-state index in [1.54, 1.807) is 11.5 Å². The number of nitrogens with zero attached hydrogens (tertiary/aromatic N) is 4. The Balaban J connectivity index is 1.75. The number of aliphatic hydroxyl groups excluding tert-OH is 1. The molecule has 114 valence electrons. The first kappa shape index (κ1) is 14.3. The minimum Gasteiger partial charge on any atom is -0.491 e. The van der Waals surface area contributed by atoms with Gasteiger partial charge >= 0.3 is 0 Å². The van der Waals surface area contributed by atoms with Crippen LogP contribution in [0.25, 0.3) is 5.78 Å². The molecule has 0 saturated heterocycles. The van der Waals surface area contributed by atoms with Crippen LogP contribution in [0.5, 0.6) is 5.75 Å². The SMILES string of the molecule is Cc1cc(=O)n2ncnc2n1C[C@@H](O)COc1ccccc1. The zero-order chi connectivity index (χ0) is 15.5. The monoisotopic (exact) mass is 300 g/mol. The molecule has 22 heavy (non-hydrogen) atoms. The lowest BCUT2D eigenvalue weighted by atomic mass is 10.3. The molecule has 0 bridgehead atoms. The molecule has 0 amide bonds. The van der Waals surface area contributed by atoms with E-state index in [4.69, 9.17) is 4.74 Å². The Morgan fingerprint density at radius 3 is 2.86 bits per heavy atom. The van der Waals surface area contributed by atoms with Gasteiger partial charge in [0.05, 0.1) is 6.54 Å². The Hall–Kier alpha value is -2.67. The number of aliphatic hydroxyl groups is 1. The number of aryl methyl sites for hydroxylation is 1. The Kier molecular flexibility index (Phi) is 3.88. The van der Waals surface area contributed by atoms with Crippen LogP contribution in [-0.4, -0.2) is 37.0 Å². The molecule has 0 unspecified atom stereocenters. The predicted molar refractivity (Wildman–Crippen MR) is 79.9 cm³/mol. The van der Waals surface area contributed by atoms with Gasteiger partial charge in [0.25, 0.3) is 5.56 Å². The normalized spacial score (nSPS) is 12.5. The van der Waals surface area contributed by atoms with Crippen LogP contribution in [-0.2, 0) is 6.54 Å². The summed E-state index contributed by atoms with van der Waals surface area (Å²) in [5.74, 6) is 1.11. The van der Waals surface area contributed by atoms with Gasteiger partial charge in [-0.1, -0.05) is 18.2 Å². The van der Waals surface area contributed by atoms with Gasteiger partial charge in [0.15, 0.2) is 0 Å². The smallest absolute Gasteiger partial charge is 0.275 e. The van der Waals surface area contributed by atoms with Crippen molar-refractivity contribution in [2.45, 2.75) is 19.6 Å². The molecule has 0 spiro atoms. The molecule has 7 nitrogen and oxygen atoms in total. The Bertz CT molecular complexity index is 826. The van der Waals surface area contributed by atoms with E-state index in [1.807, 2.05) is 30.3 Å². The molecule has 0 aliphatic carbocycles. The average molecular weight is 300 g/mol. The summed E-state index contributed by atoms with van der Waals surface area (Å²) in [4.78, 5) is 15.8. The molecular formula is C15H16N4O3. The Morgan fingerprint density at radius 2 is 2.09 bits per heavy atom. The molecule has 0 aliphatic rings.